The van der Waals surface area contributed by atoms with Crippen LogP contribution < -0.4 is 0 Å². The van der Waals surface area contributed by atoms with Crippen LogP contribution in [0, 0.1) is 96.9 Å². The monoisotopic (exact) mass is 732 g/mol. The molecule has 0 aliphatic heterocycles. The van der Waals surface area contributed by atoms with E-state index in [0.29, 0.717) is 0 Å². The second kappa shape index (κ2) is 22.3. The minimum atomic E-state index is 0.803. The second-order valence-corrected chi connectivity index (χ2v) is 12.5. The first kappa shape index (κ1) is 45.3. The Morgan fingerprint density at radius 1 is 0.434 bits per heavy atom. The van der Waals surface area contributed by atoms with Gasteiger partial charge in [-0.1, -0.05) is 0 Å². The Kier molecular flexibility index (Phi) is 19.0. The van der Waals surface area contributed by atoms with Gasteiger partial charge in [-0.2, -0.15) is 15.3 Å². The lowest BCUT2D eigenvalue weighted by Gasteiger charge is -1.87. The smallest absolute Gasteiger partial charge is 0.147 e. The highest BCUT2D eigenvalue weighted by molar-refractivity contribution is 5.00. The molecule has 0 bridgehead atoms. The van der Waals surface area contributed by atoms with Gasteiger partial charge in [0.1, 0.15) is 58.2 Å². The average molecular weight is 732 g/mol. The van der Waals surface area contributed by atoms with Crippen molar-refractivity contribution in [2.75, 3.05) is 0 Å². The van der Waals surface area contributed by atoms with Gasteiger partial charge in [0, 0.05) is 64.4 Å². The van der Waals surface area contributed by atoms with E-state index >= 15 is 0 Å². The third-order valence-corrected chi connectivity index (χ3v) is 7.00. The van der Waals surface area contributed by atoms with Gasteiger partial charge in [-0.3, -0.25) is 14.5 Å². The van der Waals surface area contributed by atoms with Crippen LogP contribution in [-0.4, -0.2) is 83.7 Å². The van der Waals surface area contributed by atoms with Crippen molar-refractivity contribution in [3.05, 3.63) is 106 Å². The van der Waals surface area contributed by atoms with Crippen molar-refractivity contribution >= 4 is 0 Å². The summed E-state index contributed by atoms with van der Waals surface area (Å²) in [7, 11) is 7.76. The van der Waals surface area contributed by atoms with Crippen LogP contribution >= 0.6 is 0 Å². The van der Waals surface area contributed by atoms with Crippen molar-refractivity contribution in [2.45, 2.75) is 96.9 Å². The summed E-state index contributed by atoms with van der Waals surface area (Å²) >= 11 is 0. The molecular formula is C36H61N17. The topological polar surface area (TPSA) is 196 Å². The highest BCUT2D eigenvalue weighted by atomic mass is 15.3. The molecule has 0 aliphatic carbocycles. The Labute approximate surface area is 314 Å². The van der Waals surface area contributed by atoms with Gasteiger partial charge in [-0.05, 0) is 96.9 Å². The van der Waals surface area contributed by atoms with Crippen LogP contribution in [-0.2, 0) is 28.2 Å². The van der Waals surface area contributed by atoms with Crippen LogP contribution in [0.15, 0.2) is 24.8 Å². The molecule has 0 saturated heterocycles. The van der Waals surface area contributed by atoms with Gasteiger partial charge in [0.15, 0.2) is 0 Å². The van der Waals surface area contributed by atoms with Gasteiger partial charge in [0.25, 0.3) is 0 Å². The van der Waals surface area contributed by atoms with Crippen molar-refractivity contribution in [1.82, 2.24) is 83.7 Å². The minimum Gasteiger partial charge on any atom is -0.346 e. The molecule has 17 heteroatoms. The summed E-state index contributed by atoms with van der Waals surface area (Å²) in [5.74, 6) is 9.38. The molecule has 53 heavy (non-hydrogen) atoms. The van der Waals surface area contributed by atoms with E-state index in [-0.39, 0.29) is 0 Å². The highest BCUT2D eigenvalue weighted by Gasteiger charge is 1.95. The normalized spacial score (nSPS) is 9.70. The first-order chi connectivity index (χ1) is 24.7. The number of hydrogen-bond donors (Lipinski definition) is 3. The van der Waals surface area contributed by atoms with Crippen molar-refractivity contribution < 1.29 is 0 Å². The molecule has 0 atom stereocenters. The fourth-order valence-corrected chi connectivity index (χ4v) is 4.25. The zero-order chi connectivity index (χ0) is 40.4. The molecule has 0 spiro atoms. The molecule has 0 amide bonds. The Hall–Kier alpha value is -5.74. The van der Waals surface area contributed by atoms with Crippen LogP contribution in [0.3, 0.4) is 0 Å². The Bertz CT molecular complexity index is 1640. The lowest BCUT2D eigenvalue weighted by Crippen LogP contribution is -1.92. The standard InChI is InChI=1S/2C6H10N2.2C5H9N3.2C5H8N2.C4H7N3/c2*1-5-4-8(3)6(2)7-5;2*1-4-6-5(2)8(3)7-4;2*1-4-3-6-5(2)7-4;1-3-5-4(2)7-6-3/h2*4H,1-3H3;2*1-3H3;2*3H,1-2H3,(H,6,7);1-2H3,(H,5,6,7). The number of nitrogens with zero attached hydrogens (tertiary/aromatic N) is 14. The maximum atomic E-state index is 4.17. The number of H-pyrrole nitrogens is 3. The van der Waals surface area contributed by atoms with Gasteiger partial charge in [-0.15, -0.1) is 0 Å². The summed E-state index contributed by atoms with van der Waals surface area (Å²) in [4.78, 5) is 34.4. The molecule has 7 heterocycles. The fourth-order valence-electron chi connectivity index (χ4n) is 4.25. The van der Waals surface area contributed by atoms with E-state index in [1.807, 2.05) is 159 Å². The van der Waals surface area contributed by atoms with Crippen molar-refractivity contribution in [3.8, 4) is 0 Å². The molecular weight excluding hydrogens is 671 g/mol. The number of hydrogen-bond acceptors (Lipinski definition) is 10. The predicted octanol–water partition coefficient (Wildman–Crippen LogP) is 5.41. The van der Waals surface area contributed by atoms with Gasteiger partial charge >= 0.3 is 0 Å². The molecule has 0 aromatic carbocycles. The molecule has 0 saturated carbocycles. The average Bonchev–Trinajstić information content (AvgIpc) is 3.92. The highest BCUT2D eigenvalue weighted by Crippen LogP contribution is 1.97. The molecule has 0 aliphatic rings. The zero-order valence-corrected chi connectivity index (χ0v) is 35.1. The maximum absolute atomic E-state index is 4.17. The van der Waals surface area contributed by atoms with Gasteiger partial charge in [0.05, 0.1) is 11.4 Å². The zero-order valence-electron chi connectivity index (χ0n) is 35.1. The minimum absolute atomic E-state index is 0.803. The summed E-state index contributed by atoms with van der Waals surface area (Å²) in [5.41, 5.74) is 4.42. The largest absolute Gasteiger partial charge is 0.346 e. The summed E-state index contributed by atoms with van der Waals surface area (Å²) in [6.07, 6.45) is 7.65. The van der Waals surface area contributed by atoms with E-state index in [4.69, 9.17) is 0 Å². The maximum Gasteiger partial charge on any atom is 0.147 e. The first-order valence-corrected chi connectivity index (χ1v) is 17.1. The predicted molar refractivity (Wildman–Crippen MR) is 208 cm³/mol. The van der Waals surface area contributed by atoms with Gasteiger partial charge in [0.2, 0.25) is 0 Å². The number of aromatic nitrogens is 17. The number of imidazole rings is 4. The van der Waals surface area contributed by atoms with Crippen LogP contribution in [0.1, 0.15) is 81.0 Å². The third kappa shape index (κ3) is 18.9. The van der Waals surface area contributed by atoms with E-state index in [1.165, 1.54) is 0 Å². The first-order valence-electron chi connectivity index (χ1n) is 17.1. The summed E-state index contributed by atoms with van der Waals surface area (Å²) in [6, 6.07) is 0. The summed E-state index contributed by atoms with van der Waals surface area (Å²) in [5, 5.41) is 14.5. The van der Waals surface area contributed by atoms with E-state index in [2.05, 4.69) is 65.3 Å². The summed E-state index contributed by atoms with van der Waals surface area (Å²) < 4.78 is 7.54. The Balaban J connectivity index is 0.000000309. The van der Waals surface area contributed by atoms with Crippen LogP contribution in [0.25, 0.3) is 0 Å². The third-order valence-electron chi connectivity index (χ3n) is 7.00. The fraction of sp³-hybridized carbons (Fsp3) is 0.500. The molecule has 3 N–H and O–H groups in total. The Morgan fingerprint density at radius 3 is 0.887 bits per heavy atom. The van der Waals surface area contributed by atoms with Crippen molar-refractivity contribution in [3.63, 3.8) is 0 Å². The van der Waals surface area contributed by atoms with Gasteiger partial charge < -0.3 is 19.1 Å². The van der Waals surface area contributed by atoms with Crippen molar-refractivity contribution in [1.29, 1.82) is 0 Å². The van der Waals surface area contributed by atoms with Gasteiger partial charge in [-0.25, -0.2) is 34.9 Å². The number of rotatable bonds is 0. The number of aromatic amines is 3. The molecule has 7 rings (SSSR count). The number of aryl methyl sites for hydroxylation is 18. The molecule has 0 unspecified atom stereocenters. The molecule has 7 aromatic heterocycles. The van der Waals surface area contributed by atoms with Crippen LogP contribution in [0.5, 0.6) is 0 Å². The molecule has 0 radical (unpaired) electrons. The SMILES string of the molecule is Cc1cn(C)c(C)n1.Cc1cn(C)c(C)n1.Cc1cnc(C)[nH]1.Cc1cnc(C)[nH]1.Cc1n[nH]c(C)n1.Cc1nc(C)n(C)n1.Cc1nc(C)n(C)n1. The quantitative estimate of drug-likeness (QED) is 0.181. The Morgan fingerprint density at radius 2 is 0.811 bits per heavy atom. The van der Waals surface area contributed by atoms with E-state index < -0.39 is 0 Å². The molecule has 17 nitrogen and oxygen atoms in total. The molecule has 290 valence electrons. The second-order valence-electron chi connectivity index (χ2n) is 12.5. The van der Waals surface area contributed by atoms with E-state index in [9.17, 15) is 0 Å². The lowest BCUT2D eigenvalue weighted by molar-refractivity contribution is 0.728. The lowest BCUT2D eigenvalue weighted by atomic mass is 10.6. The van der Waals surface area contributed by atoms with Crippen LogP contribution in [0.2, 0.25) is 0 Å². The van der Waals surface area contributed by atoms with E-state index in [1.54, 1.807) is 9.36 Å². The molecule has 0 fully saturated rings. The molecule has 7 aromatic rings. The van der Waals surface area contributed by atoms with Crippen molar-refractivity contribution in [2.24, 2.45) is 28.2 Å². The summed E-state index contributed by atoms with van der Waals surface area (Å²) in [6.45, 7) is 27.2. The van der Waals surface area contributed by atoms with Crippen LogP contribution in [0.4, 0.5) is 0 Å². The van der Waals surface area contributed by atoms with E-state index in [0.717, 1.165) is 81.0 Å². The number of nitrogens with one attached hydrogen (secondary N) is 3.